The van der Waals surface area contributed by atoms with Crippen molar-refractivity contribution in [2.24, 2.45) is 5.92 Å². The van der Waals surface area contributed by atoms with Crippen LogP contribution >= 0.6 is 0 Å². The van der Waals surface area contributed by atoms with Crippen LogP contribution in [0.4, 0.5) is 0 Å². The first-order valence-electron chi connectivity index (χ1n) is 5.22. The minimum atomic E-state index is 0.194. The Hall–Kier alpha value is -1.29. The Morgan fingerprint density at radius 1 is 1.21 bits per heavy atom. The third-order valence-corrected chi connectivity index (χ3v) is 3.39. The molecule has 1 aliphatic rings. The monoisotopic (exact) mass is 185 g/mol. The van der Waals surface area contributed by atoms with Crippen molar-refractivity contribution >= 4 is 0 Å². The van der Waals surface area contributed by atoms with Gasteiger partial charge >= 0.3 is 0 Å². The minimum Gasteiger partial charge on any atom is -0.198 e. The van der Waals surface area contributed by atoms with Gasteiger partial charge in [0.05, 0.1) is 12.0 Å². The van der Waals surface area contributed by atoms with E-state index >= 15 is 0 Å². The van der Waals surface area contributed by atoms with Gasteiger partial charge < -0.3 is 0 Å². The Morgan fingerprint density at radius 2 is 1.86 bits per heavy atom. The first-order chi connectivity index (χ1) is 6.74. The summed E-state index contributed by atoms with van der Waals surface area (Å²) in [5.41, 5.74) is 2.81. The Morgan fingerprint density at radius 3 is 2.50 bits per heavy atom. The molecule has 2 rings (SSSR count). The Bertz CT molecular complexity index is 375. The molecular formula is C13H15N. The highest BCUT2D eigenvalue weighted by molar-refractivity contribution is 5.36. The van der Waals surface area contributed by atoms with Crippen LogP contribution in [0.1, 0.15) is 43.2 Å². The van der Waals surface area contributed by atoms with Crippen LogP contribution in [-0.4, -0.2) is 0 Å². The van der Waals surface area contributed by atoms with E-state index in [1.54, 1.807) is 0 Å². The van der Waals surface area contributed by atoms with Crippen molar-refractivity contribution in [1.29, 1.82) is 5.26 Å². The number of rotatable bonds is 0. The second-order valence-corrected chi connectivity index (χ2v) is 4.29. The number of hydrogen-bond acceptors (Lipinski definition) is 1. The van der Waals surface area contributed by atoms with Crippen LogP contribution in [0.2, 0.25) is 0 Å². The third kappa shape index (κ3) is 1.32. The van der Waals surface area contributed by atoms with E-state index < -0.39 is 0 Å². The van der Waals surface area contributed by atoms with E-state index in [1.807, 2.05) is 0 Å². The van der Waals surface area contributed by atoms with Crippen molar-refractivity contribution < 1.29 is 0 Å². The first kappa shape index (κ1) is 9.27. The predicted octanol–water partition coefficient (Wildman–Crippen LogP) is 3.44. The van der Waals surface area contributed by atoms with Gasteiger partial charge in [0.25, 0.3) is 0 Å². The van der Waals surface area contributed by atoms with Crippen molar-refractivity contribution in [2.75, 3.05) is 0 Å². The molecule has 1 nitrogen and oxygen atoms in total. The maximum Gasteiger partial charge on any atom is 0.0662 e. The molecule has 0 radical (unpaired) electrons. The van der Waals surface area contributed by atoms with Gasteiger partial charge in [0, 0.05) is 0 Å². The van der Waals surface area contributed by atoms with Gasteiger partial charge in [-0.15, -0.1) is 0 Å². The van der Waals surface area contributed by atoms with Gasteiger partial charge in [-0.3, -0.25) is 0 Å². The van der Waals surface area contributed by atoms with Gasteiger partial charge in [-0.1, -0.05) is 38.1 Å². The zero-order valence-corrected chi connectivity index (χ0v) is 8.70. The summed E-state index contributed by atoms with van der Waals surface area (Å²) in [5.74, 6) is 1.12. The summed E-state index contributed by atoms with van der Waals surface area (Å²) in [4.78, 5) is 0. The first-order valence-corrected chi connectivity index (χ1v) is 5.22. The van der Waals surface area contributed by atoms with Gasteiger partial charge in [0.1, 0.15) is 0 Å². The molecule has 0 spiro atoms. The normalized spacial score (nSPS) is 30.5. The molecule has 0 aromatic heterocycles. The number of nitriles is 1. The smallest absolute Gasteiger partial charge is 0.0662 e. The molecule has 0 amide bonds. The maximum absolute atomic E-state index is 9.05. The van der Waals surface area contributed by atoms with Crippen LogP contribution in [-0.2, 0) is 0 Å². The lowest BCUT2D eigenvalue weighted by molar-refractivity contribution is 0.436. The zero-order chi connectivity index (χ0) is 10.1. The molecule has 0 fully saturated rings. The van der Waals surface area contributed by atoms with Gasteiger partial charge in [-0.2, -0.15) is 5.26 Å². The molecule has 1 aromatic carbocycles. The number of hydrogen-bond donors (Lipinski definition) is 0. The van der Waals surface area contributed by atoms with Crippen LogP contribution in [0.5, 0.6) is 0 Å². The molecule has 1 aliphatic carbocycles. The Kier molecular flexibility index (Phi) is 2.29. The molecule has 72 valence electrons. The minimum absolute atomic E-state index is 0.194. The lowest BCUT2D eigenvalue weighted by Crippen LogP contribution is -2.19. The van der Waals surface area contributed by atoms with Crippen LogP contribution in [0.15, 0.2) is 24.3 Å². The lowest BCUT2D eigenvalue weighted by Gasteiger charge is -2.31. The van der Waals surface area contributed by atoms with E-state index in [4.69, 9.17) is 5.26 Å². The highest BCUT2D eigenvalue weighted by Crippen LogP contribution is 2.41. The molecule has 14 heavy (non-hydrogen) atoms. The van der Waals surface area contributed by atoms with Crippen LogP contribution in [0.25, 0.3) is 0 Å². The quantitative estimate of drug-likeness (QED) is 0.607. The highest BCUT2D eigenvalue weighted by Gasteiger charge is 2.29. The van der Waals surface area contributed by atoms with Gasteiger partial charge in [0.2, 0.25) is 0 Å². The van der Waals surface area contributed by atoms with Gasteiger partial charge in [-0.25, -0.2) is 0 Å². The van der Waals surface area contributed by atoms with E-state index in [0.717, 1.165) is 6.42 Å². The van der Waals surface area contributed by atoms with Crippen molar-refractivity contribution in [2.45, 2.75) is 32.1 Å². The molecule has 3 atom stereocenters. The molecule has 0 bridgehead atoms. The SMILES string of the molecule is C[C@@H]1C[C@H](C#N)[C@H](C)c2ccccc21. The molecule has 0 unspecified atom stereocenters. The van der Waals surface area contributed by atoms with Crippen molar-refractivity contribution in [3.05, 3.63) is 35.4 Å². The fourth-order valence-corrected chi connectivity index (χ4v) is 2.47. The van der Waals surface area contributed by atoms with Gasteiger partial charge in [-0.05, 0) is 29.4 Å². The second-order valence-electron chi connectivity index (χ2n) is 4.29. The largest absolute Gasteiger partial charge is 0.198 e. The fraction of sp³-hybridized carbons (Fsp3) is 0.462. The standard InChI is InChI=1S/C13H15N/c1-9-7-11(8-14)10(2)13-6-4-3-5-12(9)13/h3-6,9-11H,7H2,1-2H3/t9-,10+,11-/m1/s1. The molecule has 0 N–H and O–H groups in total. The van der Waals surface area contributed by atoms with Crippen molar-refractivity contribution in [3.63, 3.8) is 0 Å². The van der Waals surface area contributed by atoms with Crippen LogP contribution < -0.4 is 0 Å². The third-order valence-electron chi connectivity index (χ3n) is 3.39. The van der Waals surface area contributed by atoms with Crippen molar-refractivity contribution in [3.8, 4) is 6.07 Å². The summed E-state index contributed by atoms with van der Waals surface area (Å²) in [6.07, 6.45) is 1.01. The number of fused-ring (bicyclic) bond motifs is 1. The molecule has 0 saturated carbocycles. The van der Waals surface area contributed by atoms with E-state index in [0.29, 0.717) is 11.8 Å². The second kappa shape index (κ2) is 3.46. The van der Waals surface area contributed by atoms with Crippen LogP contribution in [0, 0.1) is 17.2 Å². The number of nitrogens with zero attached hydrogens (tertiary/aromatic N) is 1. The summed E-state index contributed by atoms with van der Waals surface area (Å²) < 4.78 is 0. The molecular weight excluding hydrogens is 170 g/mol. The molecule has 1 aromatic rings. The highest BCUT2D eigenvalue weighted by atomic mass is 14.4. The van der Waals surface area contributed by atoms with Crippen molar-refractivity contribution in [1.82, 2.24) is 0 Å². The molecule has 0 heterocycles. The van der Waals surface area contributed by atoms with E-state index in [-0.39, 0.29) is 5.92 Å². The summed E-state index contributed by atoms with van der Waals surface area (Å²) in [6, 6.07) is 11.0. The van der Waals surface area contributed by atoms with E-state index in [9.17, 15) is 0 Å². The van der Waals surface area contributed by atoms with E-state index in [1.165, 1.54) is 11.1 Å². The molecule has 1 heteroatoms. The summed E-state index contributed by atoms with van der Waals surface area (Å²) in [7, 11) is 0. The topological polar surface area (TPSA) is 23.8 Å². The lowest BCUT2D eigenvalue weighted by atomic mass is 9.72. The summed E-state index contributed by atoms with van der Waals surface area (Å²) >= 11 is 0. The molecule has 0 aliphatic heterocycles. The average Bonchev–Trinajstić information content (AvgIpc) is 2.23. The fourth-order valence-electron chi connectivity index (χ4n) is 2.47. The summed E-state index contributed by atoms with van der Waals surface area (Å²) in [6.45, 7) is 4.38. The molecule has 0 saturated heterocycles. The predicted molar refractivity (Wildman–Crippen MR) is 57.0 cm³/mol. The Balaban J connectivity index is 2.47. The summed E-state index contributed by atoms with van der Waals surface area (Å²) in [5, 5.41) is 9.05. The van der Waals surface area contributed by atoms with Gasteiger partial charge in [0.15, 0.2) is 0 Å². The maximum atomic E-state index is 9.05. The Labute approximate surface area is 85.4 Å². The average molecular weight is 185 g/mol. The zero-order valence-electron chi connectivity index (χ0n) is 8.70. The van der Waals surface area contributed by atoms with Crippen LogP contribution in [0.3, 0.4) is 0 Å². The van der Waals surface area contributed by atoms with E-state index in [2.05, 4.69) is 44.2 Å². The number of benzene rings is 1.